The zero-order chi connectivity index (χ0) is 51.6. The Labute approximate surface area is 314 Å². The number of fused-ring (bicyclic) bond motifs is 6. The molecule has 48 heavy (non-hydrogen) atoms. The van der Waals surface area contributed by atoms with Crippen LogP contribution in [0.15, 0.2) is 169 Å². The summed E-state index contributed by atoms with van der Waals surface area (Å²) in [4.78, 5) is 0.990. The van der Waals surface area contributed by atoms with Crippen LogP contribution in [0.2, 0.25) is 0 Å². The Hall–Kier alpha value is -5.66. The van der Waals surface area contributed by atoms with E-state index in [-0.39, 0.29) is 79.0 Å². The molecular weight excluding hydrogens is 579 g/mol. The van der Waals surface area contributed by atoms with Crippen molar-refractivity contribution in [2.24, 2.45) is 0 Å². The van der Waals surface area contributed by atoms with Crippen LogP contribution < -0.4 is 4.90 Å². The van der Waals surface area contributed by atoms with Gasteiger partial charge in [0.1, 0.15) is 0 Å². The molecule has 7 aromatic carbocycles. The fraction of sp³-hybridized carbons (Fsp3) is 0.106. The summed E-state index contributed by atoms with van der Waals surface area (Å²) in [6.45, 7) is 4.68. The van der Waals surface area contributed by atoms with Crippen LogP contribution in [-0.4, -0.2) is 0 Å². The molecule has 0 radical (unpaired) electrons. The molecule has 230 valence electrons. The lowest BCUT2D eigenvalue weighted by atomic mass is 9.74. The van der Waals surface area contributed by atoms with E-state index in [2.05, 4.69) is 0 Å². The molecule has 0 aromatic heterocycles. The number of hydrogen-bond acceptors (Lipinski definition) is 1. The molecule has 0 bridgehead atoms. The molecule has 1 unspecified atom stereocenters. The van der Waals surface area contributed by atoms with Gasteiger partial charge in [0.25, 0.3) is 0 Å². The summed E-state index contributed by atoms with van der Waals surface area (Å²) in [5.74, 6) is 0. The van der Waals surface area contributed by atoms with Crippen molar-refractivity contribution in [1.29, 1.82) is 0 Å². The smallest absolute Gasteiger partial charge is 0.0648 e. The van der Waals surface area contributed by atoms with Gasteiger partial charge in [-0.2, -0.15) is 0 Å². The molecule has 7 aromatic rings. The predicted molar refractivity (Wildman–Crippen MR) is 202 cm³/mol. The minimum absolute atomic E-state index is 0.00309. The molecule has 0 aliphatic heterocycles. The molecule has 2 aliphatic rings. The fourth-order valence-electron chi connectivity index (χ4n) is 6.73. The summed E-state index contributed by atoms with van der Waals surface area (Å²) in [6.07, 6.45) is 0. The molecule has 0 heterocycles. The quantitative estimate of drug-likeness (QED) is 0.181. The van der Waals surface area contributed by atoms with Crippen LogP contribution in [0.3, 0.4) is 0 Å². The van der Waals surface area contributed by atoms with Crippen LogP contribution in [0.4, 0.5) is 17.1 Å². The van der Waals surface area contributed by atoms with E-state index in [9.17, 15) is 9.60 Å². The topological polar surface area (TPSA) is 3.24 Å². The Morgan fingerprint density at radius 1 is 0.438 bits per heavy atom. The second-order valence-corrected chi connectivity index (χ2v) is 12.2. The number of benzene rings is 7. The summed E-state index contributed by atoms with van der Waals surface area (Å²) in [7, 11) is 0. The number of para-hydroxylation sites is 1. The molecule has 0 N–H and O–H groups in total. The highest BCUT2D eigenvalue weighted by molar-refractivity contribution is 5.88. The average molecular weight is 638 g/mol. The van der Waals surface area contributed by atoms with Crippen molar-refractivity contribution in [3.63, 3.8) is 0 Å². The fourth-order valence-corrected chi connectivity index (χ4v) is 6.73. The summed E-state index contributed by atoms with van der Waals surface area (Å²) >= 11 is 0. The van der Waals surface area contributed by atoms with Crippen molar-refractivity contribution in [2.75, 3.05) is 4.90 Å². The zero-order valence-corrected chi connectivity index (χ0v) is 25.9. The molecule has 0 fully saturated rings. The van der Waals surface area contributed by atoms with E-state index in [4.69, 9.17) is 20.6 Å². The molecule has 1 heteroatoms. The largest absolute Gasteiger partial charge is 0.310 e. The third-order valence-electron chi connectivity index (χ3n) is 9.21. The van der Waals surface area contributed by atoms with Crippen molar-refractivity contribution in [3.05, 3.63) is 197 Å². The van der Waals surface area contributed by atoms with Crippen molar-refractivity contribution >= 4 is 17.1 Å². The minimum Gasteiger partial charge on any atom is -0.310 e. The summed E-state index contributed by atoms with van der Waals surface area (Å²) in [6, 6.07) is -4.87. The molecule has 1 nitrogen and oxygen atoms in total. The molecule has 0 saturated heterocycles. The minimum atomic E-state index is -1.79. The normalized spacial score (nSPS) is 22.9. The highest BCUT2D eigenvalue weighted by Gasteiger charge is 2.40. The lowest BCUT2D eigenvalue weighted by Gasteiger charge is -2.31. The van der Waals surface area contributed by atoms with E-state index in [1.54, 1.807) is 13.8 Å². The van der Waals surface area contributed by atoms with Gasteiger partial charge >= 0.3 is 0 Å². The van der Waals surface area contributed by atoms with Gasteiger partial charge in [-0.05, 0) is 110 Å². The maximum atomic E-state index is 9.96. The van der Waals surface area contributed by atoms with Gasteiger partial charge in [0.15, 0.2) is 0 Å². The third kappa shape index (κ3) is 4.17. The van der Waals surface area contributed by atoms with Crippen LogP contribution in [-0.2, 0) is 10.8 Å². The SMILES string of the molecule is [2H]c1cc([2H])c2c(c1)C(C)(c1cc([2H])c(N(c3cc([2H])c([2H])c([2H])c3[2H])c3cc([2H])c4c(c3[2H])C(C)(C)c3c([2H])c(-c5cc([2H])c([2H])c([2H])c5[2H])c([2H])c([2H])c3-4)c([2H])c1[2H])c1c([2H])c([2H])c([2H])c([2H])c1-2. The number of hydrogen-bond donors (Lipinski definition) is 0. The first-order chi connectivity index (χ1) is 32.5. The van der Waals surface area contributed by atoms with E-state index in [0.29, 0.717) is 0 Å². The highest BCUT2D eigenvalue weighted by Crippen LogP contribution is 2.54. The first-order valence-corrected chi connectivity index (χ1v) is 15.1. The van der Waals surface area contributed by atoms with Crippen molar-refractivity contribution in [2.45, 2.75) is 31.6 Å². The van der Waals surface area contributed by atoms with Gasteiger partial charge in [-0.1, -0.05) is 141 Å². The molecular formula is C47H37N. The van der Waals surface area contributed by atoms with Gasteiger partial charge in [-0.3, -0.25) is 0 Å². The molecule has 0 saturated carbocycles. The van der Waals surface area contributed by atoms with Crippen molar-refractivity contribution < 1.29 is 30.2 Å². The lowest BCUT2D eigenvalue weighted by Crippen LogP contribution is -2.22. The van der Waals surface area contributed by atoms with E-state index in [1.165, 1.54) is 19.1 Å². The average Bonchev–Trinajstić information content (AvgIpc) is 3.72. The van der Waals surface area contributed by atoms with E-state index >= 15 is 0 Å². The van der Waals surface area contributed by atoms with Crippen LogP contribution in [0.1, 0.15) is 78.7 Å². The second kappa shape index (κ2) is 10.7. The Morgan fingerprint density at radius 2 is 1.19 bits per heavy atom. The van der Waals surface area contributed by atoms with E-state index < -0.39 is 143 Å². The Morgan fingerprint density at radius 3 is 2.10 bits per heavy atom. The molecule has 1 atom stereocenters. The Kier molecular flexibility index (Phi) is 3.08. The summed E-state index contributed by atoms with van der Waals surface area (Å²) in [5, 5.41) is 0. The second-order valence-electron chi connectivity index (χ2n) is 12.2. The molecule has 9 rings (SSSR count). The van der Waals surface area contributed by atoms with Crippen LogP contribution in [0, 0.1) is 0 Å². The zero-order valence-electron chi connectivity index (χ0n) is 47.9. The van der Waals surface area contributed by atoms with Crippen molar-refractivity contribution in [1.82, 2.24) is 0 Å². The van der Waals surface area contributed by atoms with Gasteiger partial charge in [-0.25, -0.2) is 0 Å². The molecule has 2 aliphatic carbocycles. The van der Waals surface area contributed by atoms with E-state index in [0.717, 1.165) is 29.2 Å². The highest BCUT2D eigenvalue weighted by atomic mass is 15.1. The number of rotatable bonds is 5. The van der Waals surface area contributed by atoms with Gasteiger partial charge in [0.2, 0.25) is 0 Å². The molecule has 0 amide bonds. The van der Waals surface area contributed by atoms with Gasteiger partial charge in [-0.15, -0.1) is 0 Å². The summed E-state index contributed by atoms with van der Waals surface area (Å²) < 4.78 is 197. The van der Waals surface area contributed by atoms with Crippen molar-refractivity contribution in [3.8, 4) is 33.4 Å². The van der Waals surface area contributed by atoms with Gasteiger partial charge in [0.05, 0.1) is 30.2 Å². The third-order valence-corrected chi connectivity index (χ3v) is 9.21. The van der Waals surface area contributed by atoms with Crippen LogP contribution in [0.5, 0.6) is 0 Å². The van der Waals surface area contributed by atoms with Gasteiger partial charge in [0, 0.05) is 27.9 Å². The lowest BCUT2D eigenvalue weighted by molar-refractivity contribution is 0.660. The Bertz CT molecular complexity index is 3580. The number of anilines is 3. The van der Waals surface area contributed by atoms with E-state index in [1.807, 2.05) is 0 Å². The maximum absolute atomic E-state index is 9.96. The maximum Gasteiger partial charge on any atom is 0.0648 e. The molecule has 0 spiro atoms. The van der Waals surface area contributed by atoms with Crippen LogP contribution in [0.25, 0.3) is 33.4 Å². The summed E-state index contributed by atoms with van der Waals surface area (Å²) in [5.41, 5.74) is -5.15. The predicted octanol–water partition coefficient (Wildman–Crippen LogP) is 12.5. The standard InChI is InChI=1S/C47H37N/c1-46(2)44-30-33(32-14-6-4-7-15-32)22-28-40(44)41-29-27-37(31-45(41)46)48(35-16-8-5-9-17-35)36-25-23-34(24-26-36)47(3)42-20-12-10-18-38(42)39-19-11-13-21-43(39)47/h4-31H,1-3H3/i4D,5D,6D,7D,8D,9D,10D,12D,13D,14D,16D,18D,19D,20D,22D,23D,25D,26D,28D,29D,30D,31D. The first-order valence-electron chi connectivity index (χ1n) is 26.1. The first kappa shape index (κ1) is 13.8. The number of nitrogens with zero attached hydrogens (tertiary/aromatic N) is 1. The van der Waals surface area contributed by atoms with Crippen LogP contribution >= 0.6 is 0 Å². The Balaban J connectivity index is 1.34. The monoisotopic (exact) mass is 637 g/mol. The van der Waals surface area contributed by atoms with Gasteiger partial charge < -0.3 is 4.90 Å².